The van der Waals surface area contributed by atoms with Gasteiger partial charge in [0.15, 0.2) is 0 Å². The third-order valence-corrected chi connectivity index (χ3v) is 3.34. The van der Waals surface area contributed by atoms with Crippen molar-refractivity contribution in [1.82, 2.24) is 0 Å². The maximum atomic E-state index is 11.1. The van der Waals surface area contributed by atoms with Crippen LogP contribution in [0, 0.1) is 5.92 Å². The van der Waals surface area contributed by atoms with Gasteiger partial charge in [0.25, 0.3) is 0 Å². The first-order valence-corrected chi connectivity index (χ1v) is 6.81. The minimum atomic E-state index is -0.702. The minimum Gasteiger partial charge on any atom is -0.489 e. The van der Waals surface area contributed by atoms with Gasteiger partial charge in [-0.3, -0.25) is 4.79 Å². The number of piperidine rings is 1. The summed E-state index contributed by atoms with van der Waals surface area (Å²) >= 11 is 0. The molecule has 0 radical (unpaired) electrons. The van der Waals surface area contributed by atoms with Crippen molar-refractivity contribution in [3.8, 4) is 5.75 Å². The molecule has 0 bridgehead atoms. The zero-order chi connectivity index (χ0) is 13.8. The van der Waals surface area contributed by atoms with Crippen LogP contribution in [0.4, 0.5) is 5.69 Å². The molecule has 1 unspecified atom stereocenters. The highest BCUT2D eigenvalue weighted by Gasteiger charge is 2.26. The Morgan fingerprint density at radius 3 is 2.84 bits per heavy atom. The first-order valence-electron chi connectivity index (χ1n) is 6.81. The topological polar surface area (TPSA) is 49.8 Å². The number of carboxylic acids is 1. The summed E-state index contributed by atoms with van der Waals surface area (Å²) < 4.78 is 5.81. The molecule has 1 aromatic rings. The summed E-state index contributed by atoms with van der Waals surface area (Å²) in [6.45, 7) is 5.44. The Morgan fingerprint density at radius 1 is 1.42 bits per heavy atom. The van der Waals surface area contributed by atoms with Crippen molar-refractivity contribution in [2.45, 2.75) is 32.8 Å². The number of para-hydroxylation sites is 2. The highest BCUT2D eigenvalue weighted by Crippen LogP contribution is 2.32. The number of anilines is 1. The predicted octanol–water partition coefficient (Wildman–Crippen LogP) is 2.77. The fraction of sp³-hybridized carbons (Fsp3) is 0.533. The zero-order valence-electron chi connectivity index (χ0n) is 11.5. The summed E-state index contributed by atoms with van der Waals surface area (Å²) in [6, 6.07) is 7.86. The molecule has 1 N–H and O–H groups in total. The van der Waals surface area contributed by atoms with Gasteiger partial charge < -0.3 is 14.7 Å². The van der Waals surface area contributed by atoms with E-state index in [-0.39, 0.29) is 12.0 Å². The molecule has 19 heavy (non-hydrogen) atoms. The van der Waals surface area contributed by atoms with E-state index in [0.29, 0.717) is 6.54 Å². The number of ether oxygens (including phenoxy) is 1. The van der Waals surface area contributed by atoms with E-state index in [1.165, 1.54) is 0 Å². The van der Waals surface area contributed by atoms with Gasteiger partial charge in [-0.15, -0.1) is 0 Å². The van der Waals surface area contributed by atoms with Crippen molar-refractivity contribution < 1.29 is 14.6 Å². The van der Waals surface area contributed by atoms with Gasteiger partial charge >= 0.3 is 5.97 Å². The van der Waals surface area contributed by atoms with Crippen LogP contribution in [0.1, 0.15) is 26.7 Å². The van der Waals surface area contributed by atoms with Crippen LogP contribution in [0.25, 0.3) is 0 Å². The summed E-state index contributed by atoms with van der Waals surface area (Å²) in [5, 5.41) is 9.16. The molecular weight excluding hydrogens is 242 g/mol. The second kappa shape index (κ2) is 5.95. The molecule has 0 aliphatic carbocycles. The fourth-order valence-corrected chi connectivity index (χ4v) is 2.47. The van der Waals surface area contributed by atoms with Gasteiger partial charge in [-0.25, -0.2) is 0 Å². The van der Waals surface area contributed by atoms with Crippen LogP contribution in [0.15, 0.2) is 24.3 Å². The molecule has 4 heteroatoms. The average molecular weight is 263 g/mol. The van der Waals surface area contributed by atoms with Crippen molar-refractivity contribution in [2.24, 2.45) is 5.92 Å². The third-order valence-electron chi connectivity index (χ3n) is 3.34. The van der Waals surface area contributed by atoms with Gasteiger partial charge in [-0.05, 0) is 38.8 Å². The van der Waals surface area contributed by atoms with E-state index in [1.807, 2.05) is 38.1 Å². The molecule has 0 saturated carbocycles. The van der Waals surface area contributed by atoms with Crippen LogP contribution in [-0.2, 0) is 4.79 Å². The summed E-state index contributed by atoms with van der Waals surface area (Å²) in [6.07, 6.45) is 1.78. The number of hydrogen-bond donors (Lipinski definition) is 1. The number of hydrogen-bond acceptors (Lipinski definition) is 3. The molecule has 1 aliphatic rings. The highest BCUT2D eigenvalue weighted by molar-refractivity contribution is 5.72. The van der Waals surface area contributed by atoms with Gasteiger partial charge in [0.2, 0.25) is 0 Å². The molecule has 1 aliphatic heterocycles. The normalized spacial score (nSPS) is 19.5. The Kier molecular flexibility index (Phi) is 4.30. The molecule has 1 heterocycles. The average Bonchev–Trinajstić information content (AvgIpc) is 2.39. The Balaban J connectivity index is 2.18. The number of benzene rings is 1. The van der Waals surface area contributed by atoms with Crippen LogP contribution in [0.5, 0.6) is 5.75 Å². The Bertz CT molecular complexity index is 445. The largest absolute Gasteiger partial charge is 0.489 e. The lowest BCUT2D eigenvalue weighted by Gasteiger charge is -2.33. The summed E-state index contributed by atoms with van der Waals surface area (Å²) in [7, 11) is 0. The summed E-state index contributed by atoms with van der Waals surface area (Å²) in [4.78, 5) is 13.3. The van der Waals surface area contributed by atoms with Crippen molar-refractivity contribution in [3.05, 3.63) is 24.3 Å². The zero-order valence-corrected chi connectivity index (χ0v) is 11.5. The van der Waals surface area contributed by atoms with Crippen LogP contribution < -0.4 is 9.64 Å². The molecule has 1 atom stereocenters. The molecule has 1 fully saturated rings. The molecule has 0 amide bonds. The first kappa shape index (κ1) is 13.7. The van der Waals surface area contributed by atoms with Crippen molar-refractivity contribution in [3.63, 3.8) is 0 Å². The van der Waals surface area contributed by atoms with Crippen molar-refractivity contribution >= 4 is 11.7 Å². The van der Waals surface area contributed by atoms with Crippen LogP contribution >= 0.6 is 0 Å². The molecule has 1 aromatic carbocycles. The lowest BCUT2D eigenvalue weighted by atomic mass is 9.97. The summed E-state index contributed by atoms with van der Waals surface area (Å²) in [5.41, 5.74) is 1.00. The lowest BCUT2D eigenvalue weighted by molar-refractivity contribution is -0.141. The van der Waals surface area contributed by atoms with E-state index < -0.39 is 5.97 Å². The standard InChI is InChI=1S/C15H21NO3/c1-11(2)19-14-8-4-3-7-13(14)16-9-5-6-12(10-16)15(17)18/h3-4,7-8,11-12H,5-6,9-10H2,1-2H3,(H,17,18). The minimum absolute atomic E-state index is 0.112. The Hall–Kier alpha value is -1.71. The third kappa shape index (κ3) is 3.40. The number of rotatable bonds is 4. The number of aliphatic carboxylic acids is 1. The molecule has 2 rings (SSSR count). The molecule has 104 valence electrons. The molecule has 0 spiro atoms. The van der Waals surface area contributed by atoms with Gasteiger partial charge in [-0.1, -0.05) is 12.1 Å². The van der Waals surface area contributed by atoms with Gasteiger partial charge in [0.1, 0.15) is 5.75 Å². The maximum absolute atomic E-state index is 11.1. The maximum Gasteiger partial charge on any atom is 0.308 e. The lowest BCUT2D eigenvalue weighted by Crippen LogP contribution is -2.38. The van der Waals surface area contributed by atoms with E-state index in [4.69, 9.17) is 9.84 Å². The van der Waals surface area contributed by atoms with E-state index in [0.717, 1.165) is 30.8 Å². The smallest absolute Gasteiger partial charge is 0.308 e. The molecule has 4 nitrogen and oxygen atoms in total. The fourth-order valence-electron chi connectivity index (χ4n) is 2.47. The number of carboxylic acid groups (broad SMARTS) is 1. The first-order chi connectivity index (χ1) is 9.08. The summed E-state index contributed by atoms with van der Waals surface area (Å²) in [5.74, 6) is -0.142. The van der Waals surface area contributed by atoms with E-state index >= 15 is 0 Å². The predicted molar refractivity (Wildman–Crippen MR) is 74.8 cm³/mol. The van der Waals surface area contributed by atoms with Gasteiger partial charge in [0, 0.05) is 13.1 Å². The van der Waals surface area contributed by atoms with Crippen molar-refractivity contribution in [2.75, 3.05) is 18.0 Å². The number of carbonyl (C=O) groups is 1. The van der Waals surface area contributed by atoms with Gasteiger partial charge in [-0.2, -0.15) is 0 Å². The van der Waals surface area contributed by atoms with E-state index in [2.05, 4.69) is 4.90 Å². The SMILES string of the molecule is CC(C)Oc1ccccc1N1CCCC(C(=O)O)C1. The monoisotopic (exact) mass is 263 g/mol. The molecule has 1 saturated heterocycles. The molecular formula is C15H21NO3. The Labute approximate surface area is 114 Å². The van der Waals surface area contributed by atoms with E-state index in [1.54, 1.807) is 0 Å². The molecule has 0 aromatic heterocycles. The van der Waals surface area contributed by atoms with Gasteiger partial charge in [0.05, 0.1) is 17.7 Å². The van der Waals surface area contributed by atoms with Crippen LogP contribution in [0.2, 0.25) is 0 Å². The second-order valence-corrected chi connectivity index (χ2v) is 5.26. The number of nitrogens with zero attached hydrogens (tertiary/aromatic N) is 1. The van der Waals surface area contributed by atoms with Crippen LogP contribution in [0.3, 0.4) is 0 Å². The second-order valence-electron chi connectivity index (χ2n) is 5.26. The Morgan fingerprint density at radius 2 is 2.16 bits per heavy atom. The van der Waals surface area contributed by atoms with Crippen LogP contribution in [-0.4, -0.2) is 30.3 Å². The van der Waals surface area contributed by atoms with Crippen molar-refractivity contribution in [1.29, 1.82) is 0 Å². The van der Waals surface area contributed by atoms with E-state index in [9.17, 15) is 4.79 Å². The highest BCUT2D eigenvalue weighted by atomic mass is 16.5. The quantitative estimate of drug-likeness (QED) is 0.907.